The highest BCUT2D eigenvalue weighted by atomic mass is 19.3. The number of hydrogen-bond donors (Lipinski definition) is 0. The van der Waals surface area contributed by atoms with Crippen molar-refractivity contribution in [3.8, 4) is 11.3 Å². The lowest BCUT2D eigenvalue weighted by Gasteiger charge is -2.02. The second-order valence-electron chi connectivity index (χ2n) is 3.14. The molecule has 1 nitrogen and oxygen atoms in total. The number of benzene rings is 1. The third kappa shape index (κ3) is 2.18. The van der Waals surface area contributed by atoms with E-state index in [2.05, 4.69) is 4.98 Å². The predicted octanol–water partition coefficient (Wildman–Crippen LogP) is 3.69. The van der Waals surface area contributed by atoms with E-state index in [0.717, 1.165) is 5.56 Å². The molecule has 0 spiro atoms. The van der Waals surface area contributed by atoms with E-state index in [1.807, 2.05) is 30.3 Å². The van der Waals surface area contributed by atoms with Crippen LogP contribution in [0.3, 0.4) is 0 Å². The zero-order chi connectivity index (χ0) is 10.7. The molecule has 0 amide bonds. The molecule has 0 aliphatic heterocycles. The van der Waals surface area contributed by atoms with Gasteiger partial charge in [-0.3, -0.25) is 4.98 Å². The van der Waals surface area contributed by atoms with Gasteiger partial charge in [0.15, 0.2) is 0 Å². The molecule has 3 heteroatoms. The van der Waals surface area contributed by atoms with Crippen molar-refractivity contribution in [1.82, 2.24) is 4.98 Å². The molecule has 1 aromatic carbocycles. The fourth-order valence-corrected chi connectivity index (χ4v) is 1.31. The maximum absolute atomic E-state index is 12.3. The second-order valence-corrected chi connectivity index (χ2v) is 3.14. The Morgan fingerprint density at radius 3 is 2.20 bits per heavy atom. The minimum absolute atomic E-state index is 0.0466. The van der Waals surface area contributed by atoms with E-state index in [4.69, 9.17) is 0 Å². The summed E-state index contributed by atoms with van der Waals surface area (Å²) in [5.74, 6) is 0. The number of halogens is 2. The van der Waals surface area contributed by atoms with Crippen molar-refractivity contribution < 1.29 is 8.78 Å². The van der Waals surface area contributed by atoms with Gasteiger partial charge < -0.3 is 0 Å². The Hall–Kier alpha value is -1.77. The van der Waals surface area contributed by atoms with Gasteiger partial charge in [0, 0.05) is 17.3 Å². The van der Waals surface area contributed by atoms with E-state index in [0.29, 0.717) is 5.69 Å². The van der Waals surface area contributed by atoms with Crippen LogP contribution in [0.4, 0.5) is 8.78 Å². The van der Waals surface area contributed by atoms with E-state index in [1.165, 1.54) is 12.3 Å². The maximum atomic E-state index is 12.3. The van der Waals surface area contributed by atoms with Crippen LogP contribution >= 0.6 is 0 Å². The van der Waals surface area contributed by atoms with Crippen molar-refractivity contribution >= 4 is 0 Å². The summed E-state index contributed by atoms with van der Waals surface area (Å²) in [5.41, 5.74) is 1.59. The summed E-state index contributed by atoms with van der Waals surface area (Å²) in [6.45, 7) is 0. The third-order valence-corrected chi connectivity index (χ3v) is 2.11. The van der Waals surface area contributed by atoms with Crippen LogP contribution in [0.1, 0.15) is 12.0 Å². The summed E-state index contributed by atoms with van der Waals surface area (Å²) in [4.78, 5) is 3.99. The zero-order valence-corrected chi connectivity index (χ0v) is 7.90. The largest absolute Gasteiger partial charge is 0.265 e. The number of rotatable bonds is 2. The van der Waals surface area contributed by atoms with E-state index < -0.39 is 6.43 Å². The minimum Gasteiger partial charge on any atom is -0.256 e. The molecule has 0 radical (unpaired) electrons. The number of nitrogens with zero attached hydrogens (tertiary/aromatic N) is 1. The molecule has 2 aromatic rings. The van der Waals surface area contributed by atoms with Crippen LogP contribution in [0.15, 0.2) is 48.7 Å². The minimum atomic E-state index is -2.46. The molecule has 0 saturated heterocycles. The molecule has 0 fully saturated rings. The van der Waals surface area contributed by atoms with Crippen LogP contribution in [0.5, 0.6) is 0 Å². The maximum Gasteiger partial charge on any atom is 0.265 e. The molecule has 1 heterocycles. The van der Waals surface area contributed by atoms with Crippen molar-refractivity contribution in [1.29, 1.82) is 0 Å². The Bertz CT molecular complexity index is 423. The van der Waals surface area contributed by atoms with Gasteiger partial charge in [-0.2, -0.15) is 0 Å². The van der Waals surface area contributed by atoms with Crippen LogP contribution in [0, 0.1) is 0 Å². The summed E-state index contributed by atoms with van der Waals surface area (Å²) >= 11 is 0. The fourth-order valence-electron chi connectivity index (χ4n) is 1.31. The van der Waals surface area contributed by atoms with Gasteiger partial charge in [0.25, 0.3) is 6.43 Å². The lowest BCUT2D eigenvalue weighted by Crippen LogP contribution is -1.88. The summed E-state index contributed by atoms with van der Waals surface area (Å²) in [6, 6.07) is 12.5. The van der Waals surface area contributed by atoms with Crippen molar-refractivity contribution in [2.75, 3.05) is 0 Å². The summed E-state index contributed by atoms with van der Waals surface area (Å²) in [5, 5.41) is 0. The highest BCUT2D eigenvalue weighted by molar-refractivity contribution is 5.58. The number of alkyl halides is 2. The molecule has 0 unspecified atom stereocenters. The van der Waals surface area contributed by atoms with Gasteiger partial charge in [0.05, 0.1) is 5.69 Å². The first-order chi connectivity index (χ1) is 7.27. The molecule has 0 bridgehead atoms. The van der Waals surface area contributed by atoms with Crippen LogP contribution in [0.2, 0.25) is 0 Å². The average molecular weight is 205 g/mol. The van der Waals surface area contributed by atoms with E-state index in [1.54, 1.807) is 6.07 Å². The van der Waals surface area contributed by atoms with Gasteiger partial charge in [-0.05, 0) is 12.1 Å². The number of pyridine rings is 1. The number of aromatic nitrogens is 1. The Labute approximate surface area is 86.4 Å². The van der Waals surface area contributed by atoms with E-state index >= 15 is 0 Å². The Kier molecular flexibility index (Phi) is 2.72. The standard InChI is InChI=1S/C12H9F2N/c13-12(14)10-6-7-11(15-8-10)9-4-2-1-3-5-9/h1-8,12H. The van der Waals surface area contributed by atoms with Crippen LogP contribution in [0.25, 0.3) is 11.3 Å². The summed E-state index contributed by atoms with van der Waals surface area (Å²) < 4.78 is 24.5. The van der Waals surface area contributed by atoms with Gasteiger partial charge in [0.2, 0.25) is 0 Å². The fraction of sp³-hybridized carbons (Fsp3) is 0.0833. The van der Waals surface area contributed by atoms with Crippen LogP contribution in [-0.2, 0) is 0 Å². The van der Waals surface area contributed by atoms with Gasteiger partial charge in [0.1, 0.15) is 0 Å². The Morgan fingerprint density at radius 1 is 0.933 bits per heavy atom. The monoisotopic (exact) mass is 205 g/mol. The van der Waals surface area contributed by atoms with Crippen molar-refractivity contribution in [2.45, 2.75) is 6.43 Å². The predicted molar refractivity (Wildman–Crippen MR) is 54.6 cm³/mol. The Balaban J connectivity index is 2.32. The summed E-state index contributed by atoms with van der Waals surface area (Å²) in [6.07, 6.45) is -1.24. The molecule has 0 N–H and O–H groups in total. The molecule has 15 heavy (non-hydrogen) atoms. The molecular formula is C12H9F2N. The molecule has 0 aliphatic carbocycles. The molecular weight excluding hydrogens is 196 g/mol. The average Bonchev–Trinajstić information content (AvgIpc) is 2.30. The van der Waals surface area contributed by atoms with Crippen LogP contribution in [-0.4, -0.2) is 4.98 Å². The van der Waals surface area contributed by atoms with Crippen molar-refractivity contribution in [3.63, 3.8) is 0 Å². The zero-order valence-electron chi connectivity index (χ0n) is 7.90. The van der Waals surface area contributed by atoms with Gasteiger partial charge in [-0.15, -0.1) is 0 Å². The lowest BCUT2D eigenvalue weighted by atomic mass is 10.1. The smallest absolute Gasteiger partial charge is 0.256 e. The first kappa shape index (κ1) is 9.77. The molecule has 1 aromatic heterocycles. The highest BCUT2D eigenvalue weighted by Gasteiger charge is 2.07. The lowest BCUT2D eigenvalue weighted by molar-refractivity contribution is 0.151. The molecule has 2 rings (SSSR count). The highest BCUT2D eigenvalue weighted by Crippen LogP contribution is 2.21. The van der Waals surface area contributed by atoms with Gasteiger partial charge in [-0.1, -0.05) is 30.3 Å². The Morgan fingerprint density at radius 2 is 1.67 bits per heavy atom. The normalized spacial score (nSPS) is 10.6. The van der Waals surface area contributed by atoms with E-state index in [-0.39, 0.29) is 5.56 Å². The van der Waals surface area contributed by atoms with Gasteiger partial charge in [-0.25, -0.2) is 8.78 Å². The third-order valence-electron chi connectivity index (χ3n) is 2.11. The molecule has 0 aliphatic rings. The first-order valence-electron chi connectivity index (χ1n) is 4.57. The topological polar surface area (TPSA) is 12.9 Å². The summed E-state index contributed by atoms with van der Waals surface area (Å²) in [7, 11) is 0. The molecule has 76 valence electrons. The first-order valence-corrected chi connectivity index (χ1v) is 4.57. The number of hydrogen-bond acceptors (Lipinski definition) is 1. The van der Waals surface area contributed by atoms with Crippen molar-refractivity contribution in [2.24, 2.45) is 0 Å². The van der Waals surface area contributed by atoms with Crippen molar-refractivity contribution in [3.05, 3.63) is 54.2 Å². The van der Waals surface area contributed by atoms with E-state index in [9.17, 15) is 8.78 Å². The molecule has 0 atom stereocenters. The van der Waals surface area contributed by atoms with Crippen LogP contribution < -0.4 is 0 Å². The molecule has 0 saturated carbocycles. The SMILES string of the molecule is FC(F)c1ccc(-c2ccccc2)nc1. The quantitative estimate of drug-likeness (QED) is 0.728. The van der Waals surface area contributed by atoms with Gasteiger partial charge >= 0.3 is 0 Å². The second kappa shape index (κ2) is 4.17.